The van der Waals surface area contributed by atoms with Crippen molar-refractivity contribution in [3.63, 3.8) is 0 Å². The van der Waals surface area contributed by atoms with Crippen molar-refractivity contribution in [1.82, 2.24) is 10.2 Å². The lowest BCUT2D eigenvalue weighted by atomic mass is 9.95. The zero-order valence-corrected chi connectivity index (χ0v) is 27.0. The highest BCUT2D eigenvalue weighted by molar-refractivity contribution is 7.92. The number of rotatable bonds is 12. The van der Waals surface area contributed by atoms with E-state index in [1.807, 2.05) is 32.0 Å². The number of hydrogen-bond acceptors (Lipinski definition) is 6. The van der Waals surface area contributed by atoms with Crippen molar-refractivity contribution >= 4 is 27.5 Å². The van der Waals surface area contributed by atoms with Gasteiger partial charge >= 0.3 is 0 Å². The highest BCUT2D eigenvalue weighted by atomic mass is 32.2. The standard InChI is InChI=1S/C34H43N3O6S/c1-24-11-18-30(19-12-24)44(40,41)37(31-21-25(2)13-20-32(31)43-5)23-33(38)36(22-27-14-16-29(42-4)17-15-27)26(3)34(39)35-28-9-7-6-8-10-28/h11-21,26,28H,6-10,22-23H2,1-5H3,(H,35,39)/t26-/m1/s1. The number of nitrogens with zero attached hydrogens (tertiary/aromatic N) is 2. The van der Waals surface area contributed by atoms with Crippen LogP contribution in [0.2, 0.25) is 0 Å². The van der Waals surface area contributed by atoms with Crippen LogP contribution in [0.4, 0.5) is 5.69 Å². The number of aryl methyl sites for hydroxylation is 2. The Morgan fingerprint density at radius 2 is 1.52 bits per heavy atom. The van der Waals surface area contributed by atoms with Crippen molar-refractivity contribution in [3.8, 4) is 11.5 Å². The number of carbonyl (C=O) groups is 2. The molecule has 2 amide bonds. The zero-order chi connectivity index (χ0) is 31.9. The molecule has 0 saturated heterocycles. The summed E-state index contributed by atoms with van der Waals surface area (Å²) in [6.45, 7) is 4.97. The fourth-order valence-electron chi connectivity index (χ4n) is 5.42. The van der Waals surface area contributed by atoms with Crippen LogP contribution in [0.3, 0.4) is 0 Å². The maximum atomic E-state index is 14.3. The maximum Gasteiger partial charge on any atom is 0.264 e. The van der Waals surface area contributed by atoms with E-state index in [-0.39, 0.29) is 29.1 Å². The number of hydrogen-bond donors (Lipinski definition) is 1. The van der Waals surface area contributed by atoms with Gasteiger partial charge in [-0.3, -0.25) is 13.9 Å². The summed E-state index contributed by atoms with van der Waals surface area (Å²) in [7, 11) is -1.18. The average Bonchev–Trinajstić information content (AvgIpc) is 3.03. The summed E-state index contributed by atoms with van der Waals surface area (Å²) >= 11 is 0. The highest BCUT2D eigenvalue weighted by Gasteiger charge is 2.34. The van der Waals surface area contributed by atoms with Gasteiger partial charge in [-0.2, -0.15) is 0 Å². The highest BCUT2D eigenvalue weighted by Crippen LogP contribution is 2.34. The monoisotopic (exact) mass is 621 g/mol. The van der Waals surface area contributed by atoms with Gasteiger partial charge in [0.2, 0.25) is 11.8 Å². The Morgan fingerprint density at radius 1 is 0.886 bits per heavy atom. The first-order valence-corrected chi connectivity index (χ1v) is 16.4. The van der Waals surface area contributed by atoms with Crippen molar-refractivity contribution in [2.24, 2.45) is 0 Å². The van der Waals surface area contributed by atoms with E-state index in [0.29, 0.717) is 11.5 Å². The second-order valence-electron chi connectivity index (χ2n) is 11.4. The first-order chi connectivity index (χ1) is 21.0. The van der Waals surface area contributed by atoms with Crippen LogP contribution in [0.1, 0.15) is 55.7 Å². The van der Waals surface area contributed by atoms with Gasteiger partial charge in [-0.05, 0) is 81.1 Å². The minimum absolute atomic E-state index is 0.0456. The van der Waals surface area contributed by atoms with Gasteiger partial charge in [-0.25, -0.2) is 8.42 Å². The fraction of sp³-hybridized carbons (Fsp3) is 0.412. The van der Waals surface area contributed by atoms with Gasteiger partial charge in [0, 0.05) is 12.6 Å². The largest absolute Gasteiger partial charge is 0.497 e. The van der Waals surface area contributed by atoms with Crippen molar-refractivity contribution in [2.45, 2.75) is 76.4 Å². The topological polar surface area (TPSA) is 105 Å². The van der Waals surface area contributed by atoms with Gasteiger partial charge in [-0.15, -0.1) is 0 Å². The fourth-order valence-corrected chi connectivity index (χ4v) is 6.84. The van der Waals surface area contributed by atoms with E-state index in [4.69, 9.17) is 9.47 Å². The summed E-state index contributed by atoms with van der Waals surface area (Å²) in [5, 5.41) is 3.13. The second-order valence-corrected chi connectivity index (χ2v) is 13.3. The Balaban J connectivity index is 1.72. The van der Waals surface area contributed by atoms with E-state index in [1.165, 1.54) is 24.1 Å². The molecule has 10 heteroatoms. The number of amides is 2. The Kier molecular flexibility index (Phi) is 10.9. The summed E-state index contributed by atoms with van der Waals surface area (Å²) in [4.78, 5) is 29.3. The molecule has 236 valence electrons. The molecular formula is C34H43N3O6S. The third-order valence-corrected chi connectivity index (χ3v) is 9.90. The molecular weight excluding hydrogens is 578 g/mol. The van der Waals surface area contributed by atoms with Crippen molar-refractivity contribution in [2.75, 3.05) is 25.1 Å². The SMILES string of the molecule is COc1ccc(CN(C(=O)CN(c2cc(C)ccc2OC)S(=O)(=O)c2ccc(C)cc2)[C@H](C)C(=O)NC2CCCCC2)cc1. The molecule has 0 aromatic heterocycles. The molecule has 1 fully saturated rings. The molecule has 1 aliphatic carbocycles. The Bertz CT molecular complexity index is 1530. The first-order valence-electron chi connectivity index (χ1n) is 15.0. The van der Waals surface area contributed by atoms with Crippen LogP contribution in [-0.4, -0.2) is 58.0 Å². The predicted octanol–water partition coefficient (Wildman–Crippen LogP) is 5.38. The number of nitrogens with one attached hydrogen (secondary N) is 1. The van der Waals surface area contributed by atoms with Crippen molar-refractivity contribution in [1.29, 1.82) is 0 Å². The Morgan fingerprint density at radius 3 is 2.14 bits per heavy atom. The molecule has 1 aliphatic rings. The van der Waals surface area contributed by atoms with Gasteiger partial charge in [0.1, 0.15) is 24.1 Å². The zero-order valence-electron chi connectivity index (χ0n) is 26.2. The lowest BCUT2D eigenvalue weighted by molar-refractivity contribution is -0.139. The lowest BCUT2D eigenvalue weighted by Crippen LogP contribution is -2.53. The molecule has 0 aliphatic heterocycles. The number of ether oxygens (including phenoxy) is 2. The van der Waals surface area contributed by atoms with Crippen LogP contribution < -0.4 is 19.1 Å². The number of methoxy groups -OCH3 is 2. The number of benzene rings is 3. The van der Waals surface area contributed by atoms with Gasteiger partial charge in [0.15, 0.2) is 0 Å². The van der Waals surface area contributed by atoms with Gasteiger partial charge in [0.25, 0.3) is 10.0 Å². The number of anilines is 1. The van der Waals surface area contributed by atoms with Crippen molar-refractivity contribution in [3.05, 3.63) is 83.4 Å². The first kappa shape index (κ1) is 32.9. The molecule has 0 bridgehead atoms. The summed E-state index contributed by atoms with van der Waals surface area (Å²) in [5.41, 5.74) is 2.72. The van der Waals surface area contributed by atoms with E-state index in [1.54, 1.807) is 50.4 Å². The molecule has 1 saturated carbocycles. The predicted molar refractivity (Wildman–Crippen MR) is 171 cm³/mol. The van der Waals surface area contributed by atoms with E-state index in [2.05, 4.69) is 5.32 Å². The van der Waals surface area contributed by atoms with E-state index in [9.17, 15) is 18.0 Å². The summed E-state index contributed by atoms with van der Waals surface area (Å²) < 4.78 is 40.3. The summed E-state index contributed by atoms with van der Waals surface area (Å²) in [5.74, 6) is 0.187. The number of sulfonamides is 1. The number of carbonyl (C=O) groups excluding carboxylic acids is 2. The molecule has 0 radical (unpaired) electrons. The molecule has 4 rings (SSSR count). The van der Waals surface area contributed by atoms with Gasteiger partial charge < -0.3 is 19.7 Å². The smallest absolute Gasteiger partial charge is 0.264 e. The third-order valence-electron chi connectivity index (χ3n) is 8.12. The van der Waals surface area contributed by atoms with E-state index < -0.39 is 28.5 Å². The normalized spacial score (nSPS) is 14.4. The van der Waals surface area contributed by atoms with Gasteiger partial charge in [-0.1, -0.05) is 55.2 Å². The third kappa shape index (κ3) is 7.91. The maximum absolute atomic E-state index is 14.3. The quantitative estimate of drug-likeness (QED) is 0.291. The molecule has 0 heterocycles. The van der Waals surface area contributed by atoms with Crippen LogP contribution in [-0.2, 0) is 26.2 Å². The molecule has 9 nitrogen and oxygen atoms in total. The molecule has 1 atom stereocenters. The van der Waals surface area contributed by atoms with Crippen LogP contribution in [0.25, 0.3) is 0 Å². The van der Waals surface area contributed by atoms with Crippen molar-refractivity contribution < 1.29 is 27.5 Å². The minimum Gasteiger partial charge on any atom is -0.497 e. The molecule has 0 spiro atoms. The van der Waals surface area contributed by atoms with Crippen LogP contribution in [0.5, 0.6) is 11.5 Å². The molecule has 3 aromatic carbocycles. The van der Waals surface area contributed by atoms with E-state index in [0.717, 1.165) is 53.1 Å². The lowest BCUT2D eigenvalue weighted by Gasteiger charge is -2.33. The average molecular weight is 622 g/mol. The molecule has 3 aromatic rings. The van der Waals surface area contributed by atoms with Crippen LogP contribution in [0, 0.1) is 13.8 Å². The molecule has 44 heavy (non-hydrogen) atoms. The van der Waals surface area contributed by atoms with Crippen LogP contribution in [0.15, 0.2) is 71.6 Å². The second kappa shape index (κ2) is 14.6. The molecule has 0 unspecified atom stereocenters. The summed E-state index contributed by atoms with van der Waals surface area (Å²) in [6.07, 6.45) is 5.06. The summed E-state index contributed by atoms with van der Waals surface area (Å²) in [6, 6.07) is 18.1. The van der Waals surface area contributed by atoms with E-state index >= 15 is 0 Å². The Labute approximate surface area is 261 Å². The van der Waals surface area contributed by atoms with Gasteiger partial charge in [0.05, 0.1) is 24.8 Å². The van der Waals surface area contributed by atoms with Crippen LogP contribution >= 0.6 is 0 Å². The molecule has 1 N–H and O–H groups in total. The Hall–Kier alpha value is -4.05. The minimum atomic E-state index is -4.21.